The highest BCUT2D eigenvalue weighted by Crippen LogP contribution is 2.29. The molecule has 0 unspecified atom stereocenters. The quantitative estimate of drug-likeness (QED) is 0.197. The number of nitrogens with zero attached hydrogens (tertiary/aromatic N) is 7. The van der Waals surface area contributed by atoms with Crippen LogP contribution in [0.5, 0.6) is 11.5 Å². The number of nitrogens with two attached hydrogens (primary N) is 1. The van der Waals surface area contributed by atoms with Crippen LogP contribution in [-0.2, 0) is 17.9 Å². The molecule has 4 aromatic rings. The summed E-state index contributed by atoms with van der Waals surface area (Å²) in [5.41, 5.74) is 10.5. The summed E-state index contributed by atoms with van der Waals surface area (Å²) in [5, 5.41) is 20.3. The molecule has 0 aliphatic carbocycles. The standard InChI is InChI=1S/C26H28ClN9O5/c1-2-39-22-13-17(6-7-21(22)40-16-18-4-3-5-19(27)12-18)14-29-31-26(37)23-20(15-35-8-10-38-11-9-35)36(34-30-23)25-24(28)32-41-33-25/h3-7,12-14H,2,8-11,15-16H2,1H3,(H2,28,32)(H,31,37)/b29-14-. The Hall–Kier alpha value is -4.53. The van der Waals surface area contributed by atoms with Gasteiger partial charge in [0, 0.05) is 24.7 Å². The first-order valence-corrected chi connectivity index (χ1v) is 13.2. The number of anilines is 1. The molecule has 3 heterocycles. The largest absolute Gasteiger partial charge is 0.490 e. The summed E-state index contributed by atoms with van der Waals surface area (Å²) in [4.78, 5) is 15.2. The predicted molar refractivity (Wildman–Crippen MR) is 148 cm³/mol. The molecule has 1 saturated heterocycles. The summed E-state index contributed by atoms with van der Waals surface area (Å²) in [6.07, 6.45) is 1.49. The Kier molecular flexibility index (Phi) is 9.03. The van der Waals surface area contributed by atoms with Crippen LogP contribution < -0.4 is 20.6 Å². The van der Waals surface area contributed by atoms with Gasteiger partial charge in [0.2, 0.25) is 11.6 Å². The summed E-state index contributed by atoms with van der Waals surface area (Å²) < 4.78 is 23.2. The van der Waals surface area contributed by atoms with E-state index in [9.17, 15) is 4.79 Å². The number of benzene rings is 2. The average Bonchev–Trinajstić information content (AvgIpc) is 3.59. The molecule has 1 aliphatic heterocycles. The van der Waals surface area contributed by atoms with E-state index in [0.29, 0.717) is 73.8 Å². The average molecular weight is 582 g/mol. The molecule has 2 aromatic carbocycles. The molecule has 3 N–H and O–H groups in total. The van der Waals surface area contributed by atoms with Crippen molar-refractivity contribution in [3.05, 3.63) is 70.0 Å². The predicted octanol–water partition coefficient (Wildman–Crippen LogP) is 2.46. The van der Waals surface area contributed by atoms with Crippen LogP contribution in [0, 0.1) is 0 Å². The molecule has 41 heavy (non-hydrogen) atoms. The molecular weight excluding hydrogens is 554 g/mol. The number of carbonyl (C=O) groups excluding carboxylic acids is 1. The maximum Gasteiger partial charge on any atom is 0.293 e. The maximum atomic E-state index is 13.1. The van der Waals surface area contributed by atoms with E-state index in [-0.39, 0.29) is 17.3 Å². The topological polar surface area (TPSA) is 168 Å². The van der Waals surface area contributed by atoms with Gasteiger partial charge in [0.05, 0.1) is 31.7 Å². The number of ether oxygens (including phenoxy) is 3. The summed E-state index contributed by atoms with van der Waals surface area (Å²) in [6, 6.07) is 12.8. The van der Waals surface area contributed by atoms with Gasteiger partial charge < -0.3 is 19.9 Å². The van der Waals surface area contributed by atoms with Crippen LogP contribution in [0.2, 0.25) is 5.02 Å². The van der Waals surface area contributed by atoms with Crippen molar-refractivity contribution in [3.8, 4) is 17.3 Å². The van der Waals surface area contributed by atoms with Crippen molar-refractivity contribution in [1.29, 1.82) is 0 Å². The van der Waals surface area contributed by atoms with Crippen LogP contribution in [0.1, 0.15) is 34.2 Å². The number of hydrazone groups is 1. The Morgan fingerprint density at radius 2 is 2.02 bits per heavy atom. The van der Waals surface area contributed by atoms with Crippen molar-refractivity contribution in [2.24, 2.45) is 5.10 Å². The molecule has 1 amide bonds. The number of amides is 1. The minimum atomic E-state index is -0.558. The van der Waals surface area contributed by atoms with E-state index in [1.807, 2.05) is 25.1 Å². The van der Waals surface area contributed by atoms with Crippen LogP contribution in [0.25, 0.3) is 5.82 Å². The highest BCUT2D eigenvalue weighted by Gasteiger charge is 2.26. The highest BCUT2D eigenvalue weighted by atomic mass is 35.5. The molecule has 0 saturated carbocycles. The number of nitrogens with one attached hydrogen (secondary N) is 1. The monoisotopic (exact) mass is 581 g/mol. The van der Waals surface area contributed by atoms with Gasteiger partial charge in [0.25, 0.3) is 5.91 Å². The molecule has 2 aromatic heterocycles. The van der Waals surface area contributed by atoms with Crippen molar-refractivity contribution in [3.63, 3.8) is 0 Å². The molecule has 0 atom stereocenters. The summed E-state index contributed by atoms with van der Waals surface area (Å²) in [7, 11) is 0. The second-order valence-corrected chi connectivity index (χ2v) is 9.35. The number of hydrogen-bond donors (Lipinski definition) is 2. The second-order valence-electron chi connectivity index (χ2n) is 8.92. The van der Waals surface area contributed by atoms with Crippen molar-refractivity contribution >= 4 is 29.5 Å². The zero-order valence-electron chi connectivity index (χ0n) is 22.2. The number of halogens is 1. The minimum absolute atomic E-state index is 0.0215. The number of morpholine rings is 1. The Morgan fingerprint density at radius 3 is 2.78 bits per heavy atom. The van der Waals surface area contributed by atoms with Gasteiger partial charge in [-0.1, -0.05) is 28.9 Å². The molecule has 214 valence electrons. The zero-order valence-corrected chi connectivity index (χ0v) is 23.0. The Morgan fingerprint density at radius 1 is 1.17 bits per heavy atom. The SMILES string of the molecule is CCOc1cc(/C=N\NC(=O)c2nnn(-c3nonc3N)c2CN2CCOCC2)ccc1OCc1cccc(Cl)c1. The van der Waals surface area contributed by atoms with Gasteiger partial charge in [-0.15, -0.1) is 5.10 Å². The van der Waals surface area contributed by atoms with Gasteiger partial charge in [-0.3, -0.25) is 9.69 Å². The van der Waals surface area contributed by atoms with Gasteiger partial charge in [-0.2, -0.15) is 9.78 Å². The van der Waals surface area contributed by atoms with Crippen molar-refractivity contribution < 1.29 is 23.6 Å². The van der Waals surface area contributed by atoms with E-state index in [2.05, 4.69) is 36.1 Å². The van der Waals surface area contributed by atoms with Crippen LogP contribution in [0.4, 0.5) is 5.82 Å². The van der Waals surface area contributed by atoms with E-state index in [1.54, 1.807) is 24.3 Å². The number of aromatic nitrogens is 5. The molecule has 5 rings (SSSR count). The van der Waals surface area contributed by atoms with E-state index in [1.165, 1.54) is 10.9 Å². The smallest absolute Gasteiger partial charge is 0.293 e. The lowest BCUT2D eigenvalue weighted by atomic mass is 10.2. The molecule has 15 heteroatoms. The van der Waals surface area contributed by atoms with Gasteiger partial charge in [-0.25, -0.2) is 10.1 Å². The number of hydrogen-bond acceptors (Lipinski definition) is 12. The number of rotatable bonds is 11. The lowest BCUT2D eigenvalue weighted by Crippen LogP contribution is -2.37. The second kappa shape index (κ2) is 13.2. The zero-order chi connectivity index (χ0) is 28.6. The third kappa shape index (κ3) is 6.98. The summed E-state index contributed by atoms with van der Waals surface area (Å²) in [6.45, 7) is 5.52. The third-order valence-corrected chi connectivity index (χ3v) is 6.32. The highest BCUT2D eigenvalue weighted by molar-refractivity contribution is 6.30. The molecule has 0 radical (unpaired) electrons. The molecule has 0 spiro atoms. The number of nitrogen functional groups attached to an aromatic ring is 1. The number of carbonyl (C=O) groups is 1. The van der Waals surface area contributed by atoms with Crippen LogP contribution in [-0.4, -0.2) is 75.2 Å². The molecule has 1 aliphatic rings. The van der Waals surface area contributed by atoms with Crippen molar-refractivity contribution in [1.82, 2.24) is 35.6 Å². The van der Waals surface area contributed by atoms with E-state index in [0.717, 1.165) is 5.56 Å². The van der Waals surface area contributed by atoms with E-state index in [4.69, 9.17) is 36.2 Å². The van der Waals surface area contributed by atoms with Crippen LogP contribution in [0.3, 0.4) is 0 Å². The fourth-order valence-electron chi connectivity index (χ4n) is 4.10. The van der Waals surface area contributed by atoms with Gasteiger partial charge in [-0.05, 0) is 58.7 Å². The summed E-state index contributed by atoms with van der Waals surface area (Å²) in [5.74, 6) is 0.716. The first-order chi connectivity index (χ1) is 20.0. The van der Waals surface area contributed by atoms with Crippen molar-refractivity contribution in [2.75, 3.05) is 38.6 Å². The van der Waals surface area contributed by atoms with Gasteiger partial charge in [0.1, 0.15) is 6.61 Å². The van der Waals surface area contributed by atoms with Crippen molar-refractivity contribution in [2.45, 2.75) is 20.1 Å². The normalized spacial score (nSPS) is 13.9. The van der Waals surface area contributed by atoms with Gasteiger partial charge in [0.15, 0.2) is 17.2 Å². The van der Waals surface area contributed by atoms with E-state index < -0.39 is 5.91 Å². The molecular formula is C26H28ClN9O5. The fourth-order valence-corrected chi connectivity index (χ4v) is 4.31. The molecule has 14 nitrogen and oxygen atoms in total. The Labute approximate surface area is 239 Å². The molecule has 1 fully saturated rings. The maximum absolute atomic E-state index is 13.1. The van der Waals surface area contributed by atoms with Crippen LogP contribution >= 0.6 is 11.6 Å². The first kappa shape index (κ1) is 28.0. The molecule has 0 bridgehead atoms. The summed E-state index contributed by atoms with van der Waals surface area (Å²) >= 11 is 6.07. The first-order valence-electron chi connectivity index (χ1n) is 12.8. The Balaban J connectivity index is 1.29. The Bertz CT molecular complexity index is 1520. The lowest BCUT2D eigenvalue weighted by Gasteiger charge is -2.26. The van der Waals surface area contributed by atoms with Gasteiger partial charge >= 0.3 is 0 Å². The fraction of sp³-hybridized carbons (Fsp3) is 0.308. The van der Waals surface area contributed by atoms with E-state index >= 15 is 0 Å². The minimum Gasteiger partial charge on any atom is -0.490 e. The lowest BCUT2D eigenvalue weighted by molar-refractivity contribution is 0.0332. The van der Waals surface area contributed by atoms with Crippen LogP contribution in [0.15, 0.2) is 52.2 Å². The third-order valence-electron chi connectivity index (χ3n) is 6.08.